The van der Waals surface area contributed by atoms with Gasteiger partial charge in [0.15, 0.2) is 11.3 Å². The van der Waals surface area contributed by atoms with Crippen LogP contribution in [0.25, 0.3) is 10.9 Å². The number of aromatic amines is 1. The molecule has 1 aliphatic rings. The molecule has 5 heteroatoms. The summed E-state index contributed by atoms with van der Waals surface area (Å²) in [6.07, 6.45) is 8.08. The minimum Gasteiger partial charge on any atom is -0.494 e. The van der Waals surface area contributed by atoms with Crippen molar-refractivity contribution in [1.82, 2.24) is 4.98 Å². The van der Waals surface area contributed by atoms with Crippen LogP contribution in [0.4, 0.5) is 0 Å². The fourth-order valence-corrected chi connectivity index (χ4v) is 3.22. The molecule has 1 saturated heterocycles. The first-order valence-electron chi connectivity index (χ1n) is 9.80. The average Bonchev–Trinajstić information content (AvgIpc) is 2.67. The van der Waals surface area contributed by atoms with Crippen LogP contribution in [0.2, 0.25) is 0 Å². The van der Waals surface area contributed by atoms with Gasteiger partial charge in [0.05, 0.1) is 18.2 Å². The number of pyridine rings is 1. The van der Waals surface area contributed by atoms with Gasteiger partial charge in [-0.25, -0.2) is 0 Å². The van der Waals surface area contributed by atoms with E-state index in [1.807, 2.05) is 18.2 Å². The van der Waals surface area contributed by atoms with E-state index in [1.165, 1.54) is 31.7 Å². The van der Waals surface area contributed by atoms with Crippen molar-refractivity contribution in [3.05, 3.63) is 34.5 Å². The molecule has 0 radical (unpaired) electrons. The van der Waals surface area contributed by atoms with Crippen LogP contribution in [0, 0.1) is 0 Å². The standard InChI is InChI=1S/C21H29NO4/c1-2-3-4-6-11-24-16-9-10-18-19(13-16)22-21(14-20(18)23)26-15-17-8-5-7-12-25-17/h9-10,13-14,17H,2-8,11-12,15H2,1H3,(H,22,23). The Morgan fingerprint density at radius 2 is 2.08 bits per heavy atom. The highest BCUT2D eigenvalue weighted by molar-refractivity contribution is 5.80. The van der Waals surface area contributed by atoms with E-state index in [1.54, 1.807) is 0 Å². The summed E-state index contributed by atoms with van der Waals surface area (Å²) in [5.41, 5.74) is 0.691. The number of fused-ring (bicyclic) bond motifs is 1. The van der Waals surface area contributed by atoms with Gasteiger partial charge in [0.25, 0.3) is 0 Å². The maximum Gasteiger partial charge on any atom is 0.195 e. The van der Waals surface area contributed by atoms with Gasteiger partial charge in [-0.3, -0.25) is 4.79 Å². The molecule has 0 amide bonds. The molecule has 3 rings (SSSR count). The van der Waals surface area contributed by atoms with Crippen molar-refractivity contribution in [3.8, 4) is 11.6 Å². The number of nitrogens with one attached hydrogen (secondary N) is 1. The van der Waals surface area contributed by atoms with E-state index in [2.05, 4.69) is 11.9 Å². The lowest BCUT2D eigenvalue weighted by Crippen LogP contribution is -2.26. The number of ether oxygens (including phenoxy) is 3. The first-order valence-corrected chi connectivity index (χ1v) is 9.80. The second kappa shape index (κ2) is 9.62. The first kappa shape index (κ1) is 18.8. The molecule has 0 aliphatic carbocycles. The van der Waals surface area contributed by atoms with Crippen LogP contribution in [-0.2, 0) is 4.74 Å². The van der Waals surface area contributed by atoms with E-state index in [4.69, 9.17) is 14.2 Å². The zero-order valence-electron chi connectivity index (χ0n) is 15.6. The molecule has 2 heterocycles. The van der Waals surface area contributed by atoms with Crippen molar-refractivity contribution in [2.24, 2.45) is 0 Å². The number of H-pyrrole nitrogens is 1. The zero-order valence-corrected chi connectivity index (χ0v) is 15.6. The van der Waals surface area contributed by atoms with Crippen molar-refractivity contribution in [2.75, 3.05) is 19.8 Å². The summed E-state index contributed by atoms with van der Waals surface area (Å²) >= 11 is 0. The Bertz CT molecular complexity index is 749. The number of aromatic nitrogens is 1. The van der Waals surface area contributed by atoms with Crippen LogP contribution < -0.4 is 14.9 Å². The van der Waals surface area contributed by atoms with Crippen LogP contribution in [-0.4, -0.2) is 30.9 Å². The Kier molecular flexibility index (Phi) is 6.95. The average molecular weight is 359 g/mol. The largest absolute Gasteiger partial charge is 0.494 e. The van der Waals surface area contributed by atoms with E-state index in [9.17, 15) is 4.79 Å². The Labute approximate surface area is 154 Å². The molecule has 1 aromatic carbocycles. The number of rotatable bonds is 9. The quantitative estimate of drug-likeness (QED) is 0.673. The third-order valence-corrected chi connectivity index (χ3v) is 4.74. The van der Waals surface area contributed by atoms with Crippen molar-refractivity contribution >= 4 is 10.9 Å². The number of unbranched alkanes of at least 4 members (excludes halogenated alkanes) is 3. The molecule has 1 aliphatic heterocycles. The second-order valence-electron chi connectivity index (χ2n) is 6.91. The van der Waals surface area contributed by atoms with Gasteiger partial charge in [-0.05, 0) is 37.8 Å². The van der Waals surface area contributed by atoms with Crippen LogP contribution >= 0.6 is 0 Å². The van der Waals surface area contributed by atoms with E-state index in [0.717, 1.165) is 37.1 Å². The monoisotopic (exact) mass is 359 g/mol. The molecular formula is C21H29NO4. The highest BCUT2D eigenvalue weighted by Crippen LogP contribution is 2.20. The predicted octanol–water partition coefficient (Wildman–Crippen LogP) is 4.44. The highest BCUT2D eigenvalue weighted by atomic mass is 16.5. The SMILES string of the molecule is CCCCCCOc1ccc2c(=O)cc(OCC3CCCCO3)[nH]c2c1. The van der Waals surface area contributed by atoms with Gasteiger partial charge in [-0.2, -0.15) is 0 Å². The smallest absolute Gasteiger partial charge is 0.195 e. The first-order chi connectivity index (χ1) is 12.8. The topological polar surface area (TPSA) is 60.6 Å². The van der Waals surface area contributed by atoms with Crippen molar-refractivity contribution in [1.29, 1.82) is 0 Å². The van der Waals surface area contributed by atoms with E-state index >= 15 is 0 Å². The summed E-state index contributed by atoms with van der Waals surface area (Å²) in [5.74, 6) is 1.26. The summed E-state index contributed by atoms with van der Waals surface area (Å²) in [6, 6.07) is 7.05. The number of hydrogen-bond donors (Lipinski definition) is 1. The summed E-state index contributed by atoms with van der Waals surface area (Å²) in [4.78, 5) is 15.5. The van der Waals surface area contributed by atoms with Gasteiger partial charge in [0.1, 0.15) is 12.4 Å². The van der Waals surface area contributed by atoms with Gasteiger partial charge < -0.3 is 19.2 Å². The summed E-state index contributed by atoms with van der Waals surface area (Å²) in [6.45, 7) is 4.15. The lowest BCUT2D eigenvalue weighted by atomic mass is 10.1. The van der Waals surface area contributed by atoms with Crippen LogP contribution in [0.15, 0.2) is 29.1 Å². The minimum absolute atomic E-state index is 0.0483. The van der Waals surface area contributed by atoms with Crippen LogP contribution in [0.1, 0.15) is 51.9 Å². The second-order valence-corrected chi connectivity index (χ2v) is 6.91. The van der Waals surface area contributed by atoms with E-state index < -0.39 is 0 Å². The molecule has 1 aromatic heterocycles. The van der Waals surface area contributed by atoms with Gasteiger partial charge >= 0.3 is 0 Å². The highest BCUT2D eigenvalue weighted by Gasteiger charge is 2.15. The fourth-order valence-electron chi connectivity index (χ4n) is 3.22. The molecule has 1 N–H and O–H groups in total. The Hall–Kier alpha value is -2.01. The maximum atomic E-state index is 12.3. The molecule has 1 fully saturated rings. The molecule has 26 heavy (non-hydrogen) atoms. The molecule has 5 nitrogen and oxygen atoms in total. The van der Waals surface area contributed by atoms with Gasteiger partial charge in [-0.15, -0.1) is 0 Å². The number of benzene rings is 1. The molecule has 1 atom stereocenters. The van der Waals surface area contributed by atoms with Crippen molar-refractivity contribution in [3.63, 3.8) is 0 Å². The molecular weight excluding hydrogens is 330 g/mol. The summed E-state index contributed by atoms with van der Waals surface area (Å²) in [7, 11) is 0. The van der Waals surface area contributed by atoms with Crippen LogP contribution in [0.3, 0.4) is 0 Å². The Balaban J connectivity index is 1.63. The lowest BCUT2D eigenvalue weighted by Gasteiger charge is -2.22. The van der Waals surface area contributed by atoms with Gasteiger partial charge in [-0.1, -0.05) is 26.2 Å². The molecule has 1 unspecified atom stereocenters. The predicted molar refractivity (Wildman–Crippen MR) is 103 cm³/mol. The number of hydrogen-bond acceptors (Lipinski definition) is 4. The Morgan fingerprint density at radius 3 is 2.88 bits per heavy atom. The minimum atomic E-state index is -0.0483. The zero-order chi connectivity index (χ0) is 18.2. The summed E-state index contributed by atoms with van der Waals surface area (Å²) < 4.78 is 17.3. The van der Waals surface area contributed by atoms with E-state index in [-0.39, 0.29) is 11.5 Å². The fraction of sp³-hybridized carbons (Fsp3) is 0.571. The summed E-state index contributed by atoms with van der Waals surface area (Å²) in [5, 5.41) is 0.643. The molecule has 2 aromatic rings. The van der Waals surface area contributed by atoms with E-state index in [0.29, 0.717) is 24.5 Å². The van der Waals surface area contributed by atoms with Crippen LogP contribution in [0.5, 0.6) is 11.6 Å². The normalized spacial score (nSPS) is 17.3. The molecule has 0 spiro atoms. The van der Waals surface area contributed by atoms with Gasteiger partial charge in [0.2, 0.25) is 0 Å². The maximum absolute atomic E-state index is 12.3. The van der Waals surface area contributed by atoms with Crippen molar-refractivity contribution < 1.29 is 14.2 Å². The molecule has 142 valence electrons. The van der Waals surface area contributed by atoms with Crippen molar-refractivity contribution in [2.45, 2.75) is 58.0 Å². The molecule has 0 saturated carbocycles. The molecule has 0 bridgehead atoms. The third-order valence-electron chi connectivity index (χ3n) is 4.74. The lowest BCUT2D eigenvalue weighted by molar-refractivity contribution is -0.0119. The van der Waals surface area contributed by atoms with Gasteiger partial charge in [0, 0.05) is 24.1 Å². The Morgan fingerprint density at radius 1 is 1.15 bits per heavy atom. The third kappa shape index (κ3) is 5.24.